The number of hydrogen-bond acceptors (Lipinski definition) is 8. The Morgan fingerprint density at radius 2 is 1.94 bits per heavy atom. The quantitative estimate of drug-likeness (QED) is 0.591. The number of hydrogen-bond donors (Lipinski definition) is 2. The standard InChI is InChI=1S/C25H39NO7/c1-6-26-20-24-13-9-12-14(30-3)10-23(32-5,16(13)17(12)27)25(20,28)19(31-4)18(24)22(11-29-2)8-7-15(24)33-21(22)26/h12-21,27-28H,6-11H2,1-5H3/t12-,13-,14+,15+,16-,17+,18-,19+,20+,21?,22+,23-,24+,25-/m1/s1. The fourth-order valence-electron chi connectivity index (χ4n) is 11.6. The summed E-state index contributed by atoms with van der Waals surface area (Å²) < 4.78 is 31.6. The van der Waals surface area contributed by atoms with Crippen LogP contribution < -0.4 is 0 Å². The van der Waals surface area contributed by atoms with Crippen molar-refractivity contribution in [3.8, 4) is 0 Å². The van der Waals surface area contributed by atoms with Crippen molar-refractivity contribution in [3.63, 3.8) is 0 Å². The summed E-state index contributed by atoms with van der Waals surface area (Å²) in [4.78, 5) is 2.42. The molecule has 0 radical (unpaired) electrons. The first-order chi connectivity index (χ1) is 15.9. The van der Waals surface area contributed by atoms with Gasteiger partial charge in [0, 0.05) is 63.4 Å². The minimum absolute atomic E-state index is 0.0528. The Morgan fingerprint density at radius 1 is 1.15 bits per heavy atom. The van der Waals surface area contributed by atoms with E-state index in [0.717, 1.165) is 25.8 Å². The lowest BCUT2D eigenvalue weighted by Crippen LogP contribution is -2.87. The van der Waals surface area contributed by atoms with Gasteiger partial charge in [0.2, 0.25) is 0 Å². The minimum Gasteiger partial charge on any atom is -0.392 e. The largest absolute Gasteiger partial charge is 0.392 e. The zero-order chi connectivity index (χ0) is 23.1. The summed E-state index contributed by atoms with van der Waals surface area (Å²) in [5.41, 5.74) is -2.78. The average Bonchev–Trinajstić information content (AvgIpc) is 3.19. The fraction of sp³-hybridized carbons (Fsp3) is 1.00. The van der Waals surface area contributed by atoms with Crippen LogP contribution in [0.15, 0.2) is 0 Å². The van der Waals surface area contributed by atoms with E-state index < -0.39 is 23.4 Å². The second kappa shape index (κ2) is 6.51. The molecule has 9 rings (SSSR count). The maximum atomic E-state index is 13.2. The SMILES string of the molecule is CCN1C2O[C@H]3CC[C@]2(COC)[C@H]2[C@H](OC)[C@@]4(O)[C@@H]1[C@@]32[C@@H]1C[C@H]2[C@H](O)[C@@H]1[C@]4(OC)C[C@@H]2OC. The van der Waals surface area contributed by atoms with Gasteiger partial charge in [0.15, 0.2) is 0 Å². The Balaban J connectivity index is 1.56. The van der Waals surface area contributed by atoms with Gasteiger partial charge in [-0.1, -0.05) is 6.92 Å². The van der Waals surface area contributed by atoms with Gasteiger partial charge in [-0.15, -0.1) is 0 Å². The molecule has 1 spiro atoms. The number of ether oxygens (including phenoxy) is 5. The number of fused-ring (bicyclic) bond motifs is 3. The molecule has 0 amide bonds. The first kappa shape index (κ1) is 21.9. The van der Waals surface area contributed by atoms with Gasteiger partial charge in [-0.3, -0.25) is 4.90 Å². The van der Waals surface area contributed by atoms with Gasteiger partial charge in [-0.05, 0) is 31.7 Å². The molecule has 2 N–H and O–H groups in total. The number of piperidine rings is 1. The molecular weight excluding hydrogens is 426 g/mol. The summed E-state index contributed by atoms with van der Waals surface area (Å²) in [7, 11) is 6.95. The van der Waals surface area contributed by atoms with E-state index in [4.69, 9.17) is 23.7 Å². The molecule has 9 bridgehead atoms. The van der Waals surface area contributed by atoms with E-state index in [9.17, 15) is 10.2 Å². The summed E-state index contributed by atoms with van der Waals surface area (Å²) in [6.45, 7) is 3.52. The molecule has 4 heterocycles. The zero-order valence-corrected chi connectivity index (χ0v) is 20.4. The van der Waals surface area contributed by atoms with Crippen molar-refractivity contribution < 1.29 is 33.9 Å². The molecular formula is C25H39NO7. The van der Waals surface area contributed by atoms with Crippen LogP contribution in [-0.2, 0) is 23.7 Å². The Bertz CT molecular complexity index is 855. The van der Waals surface area contributed by atoms with Crippen LogP contribution in [-0.4, -0.2) is 105 Å². The zero-order valence-electron chi connectivity index (χ0n) is 20.4. The highest BCUT2D eigenvalue weighted by atomic mass is 16.6. The van der Waals surface area contributed by atoms with Crippen LogP contribution in [0.4, 0.5) is 0 Å². The predicted octanol–water partition coefficient (Wildman–Crippen LogP) is 0.635. The molecule has 8 nitrogen and oxygen atoms in total. The molecule has 0 aromatic carbocycles. The Morgan fingerprint density at radius 3 is 2.58 bits per heavy atom. The van der Waals surface area contributed by atoms with Crippen molar-refractivity contribution in [2.75, 3.05) is 41.6 Å². The molecule has 9 aliphatic rings. The van der Waals surface area contributed by atoms with Crippen molar-refractivity contribution in [2.45, 2.75) is 80.5 Å². The minimum atomic E-state index is -1.29. The van der Waals surface area contributed by atoms with Gasteiger partial charge in [0.05, 0.1) is 37.1 Å². The van der Waals surface area contributed by atoms with Gasteiger partial charge in [0.1, 0.15) is 17.4 Å². The van der Waals surface area contributed by atoms with E-state index >= 15 is 0 Å². The predicted molar refractivity (Wildman–Crippen MR) is 116 cm³/mol. The molecule has 5 aliphatic carbocycles. The first-order valence-corrected chi connectivity index (χ1v) is 12.8. The van der Waals surface area contributed by atoms with Crippen LogP contribution >= 0.6 is 0 Å². The number of likely N-dealkylation sites (N-methyl/N-ethyl adjacent to an activating group) is 1. The maximum Gasteiger partial charge on any atom is 0.136 e. The number of nitrogens with zero attached hydrogens (tertiary/aromatic N) is 1. The lowest BCUT2D eigenvalue weighted by atomic mass is 9.41. The summed E-state index contributed by atoms with van der Waals surface area (Å²) in [5.74, 6) is 0.155. The number of aliphatic hydroxyl groups is 2. The lowest BCUT2D eigenvalue weighted by molar-refractivity contribution is -0.411. The Hall–Kier alpha value is -0.320. The molecule has 9 fully saturated rings. The highest BCUT2D eigenvalue weighted by Crippen LogP contribution is 2.83. The van der Waals surface area contributed by atoms with E-state index in [1.54, 1.807) is 28.4 Å². The topological polar surface area (TPSA) is 89.9 Å². The molecule has 186 valence electrons. The van der Waals surface area contributed by atoms with Gasteiger partial charge >= 0.3 is 0 Å². The number of aliphatic hydroxyl groups excluding tert-OH is 1. The van der Waals surface area contributed by atoms with Crippen molar-refractivity contribution >= 4 is 0 Å². The second-order valence-corrected chi connectivity index (χ2v) is 12.0. The van der Waals surface area contributed by atoms with Crippen LogP contribution in [0.5, 0.6) is 0 Å². The van der Waals surface area contributed by atoms with E-state index in [1.165, 1.54) is 0 Å². The molecule has 14 atom stereocenters. The summed E-state index contributed by atoms with van der Waals surface area (Å²) in [5, 5.41) is 24.9. The van der Waals surface area contributed by atoms with Crippen LogP contribution in [0.25, 0.3) is 0 Å². The summed E-state index contributed by atoms with van der Waals surface area (Å²) >= 11 is 0. The Kier molecular flexibility index (Phi) is 4.32. The highest BCUT2D eigenvalue weighted by molar-refractivity contribution is 5.43. The fourth-order valence-corrected chi connectivity index (χ4v) is 11.6. The number of methoxy groups -OCH3 is 4. The van der Waals surface area contributed by atoms with Gasteiger partial charge in [0.25, 0.3) is 0 Å². The molecule has 4 aliphatic heterocycles. The molecule has 8 heteroatoms. The van der Waals surface area contributed by atoms with Crippen LogP contribution in [0.3, 0.4) is 0 Å². The van der Waals surface area contributed by atoms with Crippen LogP contribution in [0, 0.1) is 34.5 Å². The maximum absolute atomic E-state index is 13.2. The molecule has 33 heavy (non-hydrogen) atoms. The van der Waals surface area contributed by atoms with E-state index in [0.29, 0.717) is 13.0 Å². The summed E-state index contributed by atoms with van der Waals surface area (Å²) in [6.07, 6.45) is 2.23. The van der Waals surface area contributed by atoms with E-state index in [2.05, 4.69) is 11.8 Å². The second-order valence-electron chi connectivity index (χ2n) is 12.0. The summed E-state index contributed by atoms with van der Waals surface area (Å²) in [6, 6.07) is -0.137. The normalized spacial score (nSPS) is 64.1. The van der Waals surface area contributed by atoms with Crippen molar-refractivity contribution in [2.24, 2.45) is 34.5 Å². The van der Waals surface area contributed by atoms with Crippen LogP contribution in [0.2, 0.25) is 0 Å². The van der Waals surface area contributed by atoms with Gasteiger partial charge in [-0.25, -0.2) is 0 Å². The monoisotopic (exact) mass is 465 g/mol. The van der Waals surface area contributed by atoms with Crippen molar-refractivity contribution in [3.05, 3.63) is 0 Å². The molecule has 1 unspecified atom stereocenters. The Labute approximate surface area is 195 Å². The van der Waals surface area contributed by atoms with Crippen molar-refractivity contribution in [1.82, 2.24) is 4.90 Å². The van der Waals surface area contributed by atoms with E-state index in [1.807, 2.05) is 0 Å². The van der Waals surface area contributed by atoms with Gasteiger partial charge < -0.3 is 33.9 Å². The third-order valence-corrected chi connectivity index (χ3v) is 11.9. The highest BCUT2D eigenvalue weighted by Gasteiger charge is 2.94. The molecule has 5 saturated carbocycles. The average molecular weight is 466 g/mol. The van der Waals surface area contributed by atoms with E-state index in [-0.39, 0.29) is 59.0 Å². The molecule has 4 saturated heterocycles. The molecule has 0 aromatic rings. The third-order valence-electron chi connectivity index (χ3n) is 11.9. The first-order valence-electron chi connectivity index (χ1n) is 12.8. The van der Waals surface area contributed by atoms with Crippen LogP contribution in [0.1, 0.15) is 32.6 Å². The van der Waals surface area contributed by atoms with Crippen molar-refractivity contribution in [1.29, 1.82) is 0 Å². The molecule has 0 aromatic heterocycles. The number of rotatable bonds is 6. The third kappa shape index (κ3) is 1.85. The lowest BCUT2D eigenvalue weighted by Gasteiger charge is -2.76. The van der Waals surface area contributed by atoms with Gasteiger partial charge in [-0.2, -0.15) is 0 Å². The smallest absolute Gasteiger partial charge is 0.136 e.